The van der Waals surface area contributed by atoms with Crippen molar-refractivity contribution in [1.29, 1.82) is 5.26 Å². The first-order valence-electron chi connectivity index (χ1n) is 8.69. The molecule has 0 bridgehead atoms. The molecule has 0 spiro atoms. The van der Waals surface area contributed by atoms with Crippen molar-refractivity contribution in [3.8, 4) is 6.07 Å². The summed E-state index contributed by atoms with van der Waals surface area (Å²) in [4.78, 5) is 21.0. The quantitative estimate of drug-likeness (QED) is 0.656. The fraction of sp³-hybridized carbons (Fsp3) is 0.143. The number of aryl methyl sites for hydroxylation is 1. The maximum Gasteiger partial charge on any atom is 0.274 e. The molecule has 0 saturated heterocycles. The number of halogens is 1. The predicted molar refractivity (Wildman–Crippen MR) is 110 cm³/mol. The summed E-state index contributed by atoms with van der Waals surface area (Å²) in [6, 6.07) is 18.0. The number of carbonyl (C=O) groups excluding carboxylic acids is 1. The lowest BCUT2D eigenvalue weighted by molar-refractivity contribution is 0.102. The van der Waals surface area contributed by atoms with Crippen LogP contribution in [0.2, 0.25) is 5.02 Å². The van der Waals surface area contributed by atoms with Gasteiger partial charge in [0.05, 0.1) is 11.6 Å². The molecule has 0 unspecified atom stereocenters. The molecule has 1 aromatic heterocycles. The smallest absolute Gasteiger partial charge is 0.274 e. The number of anilines is 2. The molecule has 0 radical (unpaired) electrons. The van der Waals surface area contributed by atoms with E-state index in [2.05, 4.69) is 20.6 Å². The Hall–Kier alpha value is -3.43. The van der Waals surface area contributed by atoms with E-state index in [1.165, 1.54) is 0 Å². The maximum atomic E-state index is 12.5. The highest BCUT2D eigenvalue weighted by molar-refractivity contribution is 6.30. The van der Waals surface area contributed by atoms with Gasteiger partial charge in [0.1, 0.15) is 17.3 Å². The molecule has 1 heterocycles. The minimum Gasteiger partial charge on any atom is -0.370 e. The molecular weight excluding hydrogens is 374 g/mol. The summed E-state index contributed by atoms with van der Waals surface area (Å²) in [5.74, 6) is 0.741. The van der Waals surface area contributed by atoms with Gasteiger partial charge in [-0.15, -0.1) is 0 Å². The van der Waals surface area contributed by atoms with Gasteiger partial charge in [0.25, 0.3) is 5.91 Å². The number of nitriles is 1. The molecule has 3 aromatic rings. The normalized spacial score (nSPS) is 10.2. The van der Waals surface area contributed by atoms with Gasteiger partial charge in [-0.05, 0) is 55.3 Å². The van der Waals surface area contributed by atoms with Crippen molar-refractivity contribution < 1.29 is 4.79 Å². The third kappa shape index (κ3) is 5.29. The molecule has 0 aliphatic rings. The highest BCUT2D eigenvalue weighted by Gasteiger charge is 2.11. The second kappa shape index (κ2) is 8.98. The summed E-state index contributed by atoms with van der Waals surface area (Å²) in [5.41, 5.74) is 2.50. The van der Waals surface area contributed by atoms with Crippen LogP contribution in [0, 0.1) is 18.3 Å². The van der Waals surface area contributed by atoms with Crippen LogP contribution in [0.4, 0.5) is 11.5 Å². The summed E-state index contributed by atoms with van der Waals surface area (Å²) in [7, 11) is 0. The van der Waals surface area contributed by atoms with Crippen molar-refractivity contribution >= 4 is 29.0 Å². The van der Waals surface area contributed by atoms with Gasteiger partial charge in [-0.3, -0.25) is 4.79 Å². The number of benzene rings is 2. The van der Waals surface area contributed by atoms with Crippen molar-refractivity contribution in [2.24, 2.45) is 0 Å². The van der Waals surface area contributed by atoms with E-state index in [0.717, 1.165) is 12.0 Å². The van der Waals surface area contributed by atoms with E-state index < -0.39 is 0 Å². The van der Waals surface area contributed by atoms with E-state index in [0.29, 0.717) is 34.5 Å². The topological polar surface area (TPSA) is 90.7 Å². The molecule has 28 heavy (non-hydrogen) atoms. The lowest BCUT2D eigenvalue weighted by Crippen LogP contribution is -2.16. The number of hydrogen-bond acceptors (Lipinski definition) is 5. The van der Waals surface area contributed by atoms with Crippen LogP contribution >= 0.6 is 11.6 Å². The molecule has 3 rings (SSSR count). The first-order chi connectivity index (χ1) is 13.5. The highest BCUT2D eigenvalue weighted by Crippen LogP contribution is 2.14. The second-order valence-corrected chi connectivity index (χ2v) is 6.57. The number of nitrogens with zero attached hydrogens (tertiary/aromatic N) is 3. The van der Waals surface area contributed by atoms with Crippen LogP contribution in [0.3, 0.4) is 0 Å². The first-order valence-corrected chi connectivity index (χ1v) is 9.07. The Morgan fingerprint density at radius 2 is 1.93 bits per heavy atom. The number of rotatable bonds is 6. The highest BCUT2D eigenvalue weighted by atomic mass is 35.5. The van der Waals surface area contributed by atoms with Crippen molar-refractivity contribution in [3.05, 3.63) is 82.3 Å². The molecule has 0 aliphatic heterocycles. The summed E-state index contributed by atoms with van der Waals surface area (Å²) in [5, 5.41) is 15.5. The van der Waals surface area contributed by atoms with E-state index in [4.69, 9.17) is 16.9 Å². The molecule has 2 N–H and O–H groups in total. The molecule has 140 valence electrons. The zero-order valence-electron chi connectivity index (χ0n) is 15.2. The third-order valence-electron chi connectivity index (χ3n) is 3.95. The van der Waals surface area contributed by atoms with Crippen molar-refractivity contribution in [3.63, 3.8) is 0 Å². The van der Waals surface area contributed by atoms with Crippen molar-refractivity contribution in [2.45, 2.75) is 13.3 Å². The fourth-order valence-corrected chi connectivity index (χ4v) is 2.84. The molecule has 6 nitrogen and oxygen atoms in total. The Morgan fingerprint density at radius 1 is 1.14 bits per heavy atom. The Kier molecular flexibility index (Phi) is 6.20. The van der Waals surface area contributed by atoms with Crippen LogP contribution < -0.4 is 10.6 Å². The number of nitrogens with one attached hydrogen (secondary N) is 2. The SMILES string of the molecule is Cc1nc(NCCc2cccc(Cl)c2)cc(C(=O)Nc2ccc(C#N)cc2)n1. The molecule has 2 aromatic carbocycles. The van der Waals surface area contributed by atoms with E-state index in [1.807, 2.05) is 30.3 Å². The second-order valence-electron chi connectivity index (χ2n) is 6.14. The zero-order chi connectivity index (χ0) is 19.9. The predicted octanol–water partition coefficient (Wildman–Crippen LogP) is 4.22. The van der Waals surface area contributed by atoms with Gasteiger partial charge in [-0.1, -0.05) is 23.7 Å². The number of hydrogen-bond donors (Lipinski definition) is 2. The van der Waals surface area contributed by atoms with Crippen LogP contribution in [0.15, 0.2) is 54.6 Å². The van der Waals surface area contributed by atoms with Crippen LogP contribution in [-0.2, 0) is 6.42 Å². The molecular formula is C21H18ClN5O. The molecule has 7 heteroatoms. The Balaban J connectivity index is 1.64. The largest absolute Gasteiger partial charge is 0.370 e. The minimum atomic E-state index is -0.340. The summed E-state index contributed by atoms with van der Waals surface area (Å²) in [6.45, 7) is 2.38. The molecule has 0 fully saturated rings. The lowest BCUT2D eigenvalue weighted by atomic mass is 10.1. The van der Waals surface area contributed by atoms with Gasteiger partial charge >= 0.3 is 0 Å². The van der Waals surface area contributed by atoms with Gasteiger partial charge in [-0.25, -0.2) is 9.97 Å². The standard InChI is InChI=1S/C21H18ClN5O/c1-14-25-19(21(28)27-18-7-5-16(13-23)6-8-18)12-20(26-14)24-10-9-15-3-2-4-17(22)11-15/h2-8,11-12H,9-10H2,1H3,(H,27,28)(H,24,25,26). The minimum absolute atomic E-state index is 0.266. The molecule has 0 saturated carbocycles. The van der Waals surface area contributed by atoms with Crippen molar-refractivity contribution in [2.75, 3.05) is 17.2 Å². The van der Waals surface area contributed by atoms with Crippen molar-refractivity contribution in [1.82, 2.24) is 9.97 Å². The zero-order valence-corrected chi connectivity index (χ0v) is 16.0. The average molecular weight is 392 g/mol. The summed E-state index contributed by atoms with van der Waals surface area (Å²) < 4.78 is 0. The first kappa shape index (κ1) is 19.3. The summed E-state index contributed by atoms with van der Waals surface area (Å²) in [6.07, 6.45) is 0.774. The molecule has 0 atom stereocenters. The van der Waals surface area contributed by atoms with Gasteiger partial charge in [0.15, 0.2) is 0 Å². The number of carbonyl (C=O) groups is 1. The Labute approximate surface area is 168 Å². The Morgan fingerprint density at radius 3 is 2.64 bits per heavy atom. The van der Waals surface area contributed by atoms with Crippen LogP contribution in [-0.4, -0.2) is 22.4 Å². The van der Waals surface area contributed by atoms with Gasteiger partial charge in [-0.2, -0.15) is 5.26 Å². The van der Waals surface area contributed by atoms with Gasteiger partial charge in [0.2, 0.25) is 0 Å². The molecule has 1 amide bonds. The van der Waals surface area contributed by atoms with E-state index in [9.17, 15) is 4.79 Å². The lowest BCUT2D eigenvalue weighted by Gasteiger charge is -2.09. The number of amides is 1. The van der Waals surface area contributed by atoms with E-state index in [-0.39, 0.29) is 11.6 Å². The number of aromatic nitrogens is 2. The van der Waals surface area contributed by atoms with Gasteiger partial charge in [0, 0.05) is 23.3 Å². The fourth-order valence-electron chi connectivity index (χ4n) is 2.63. The van der Waals surface area contributed by atoms with E-state index >= 15 is 0 Å². The van der Waals surface area contributed by atoms with Crippen LogP contribution in [0.5, 0.6) is 0 Å². The average Bonchev–Trinajstić information content (AvgIpc) is 2.68. The van der Waals surface area contributed by atoms with Gasteiger partial charge < -0.3 is 10.6 Å². The monoisotopic (exact) mass is 391 g/mol. The van der Waals surface area contributed by atoms with Crippen LogP contribution in [0.25, 0.3) is 0 Å². The molecule has 0 aliphatic carbocycles. The maximum absolute atomic E-state index is 12.5. The Bertz CT molecular complexity index is 1030. The van der Waals surface area contributed by atoms with Crippen LogP contribution in [0.1, 0.15) is 27.4 Å². The van der Waals surface area contributed by atoms with E-state index in [1.54, 1.807) is 37.3 Å². The third-order valence-corrected chi connectivity index (χ3v) is 4.19. The summed E-state index contributed by atoms with van der Waals surface area (Å²) >= 11 is 6.00.